The molecule has 0 saturated carbocycles. The van der Waals surface area contributed by atoms with E-state index in [1.54, 1.807) is 19.1 Å². The molecule has 0 aliphatic carbocycles. The molecule has 0 fully saturated rings. The van der Waals surface area contributed by atoms with Crippen molar-refractivity contribution in [1.82, 2.24) is 10.6 Å². The highest BCUT2D eigenvalue weighted by molar-refractivity contribution is 6.01. The molecule has 6 nitrogen and oxygen atoms in total. The molecule has 0 saturated heterocycles. The molecule has 4 N–H and O–H groups in total. The van der Waals surface area contributed by atoms with Crippen molar-refractivity contribution in [3.8, 4) is 5.75 Å². The zero-order valence-corrected chi connectivity index (χ0v) is 10.4. The van der Waals surface area contributed by atoms with Crippen LogP contribution in [-0.2, 0) is 4.79 Å². The summed E-state index contributed by atoms with van der Waals surface area (Å²) in [7, 11) is 1.50. The average Bonchev–Trinajstić information content (AvgIpc) is 2.37. The van der Waals surface area contributed by atoms with Crippen LogP contribution in [0.1, 0.15) is 17.3 Å². The number of carbonyl (C=O) groups excluding carboxylic acids is 2. The van der Waals surface area contributed by atoms with Crippen molar-refractivity contribution in [1.29, 1.82) is 0 Å². The summed E-state index contributed by atoms with van der Waals surface area (Å²) < 4.78 is 5.01. The molecule has 0 aliphatic rings. The summed E-state index contributed by atoms with van der Waals surface area (Å²) >= 11 is 0. The van der Waals surface area contributed by atoms with Gasteiger partial charge in [-0.3, -0.25) is 9.59 Å². The lowest BCUT2D eigenvalue weighted by Crippen LogP contribution is -2.37. The van der Waals surface area contributed by atoms with Gasteiger partial charge in [-0.05, 0) is 25.1 Å². The summed E-state index contributed by atoms with van der Waals surface area (Å²) in [6, 6.07) is 4.78. The van der Waals surface area contributed by atoms with Gasteiger partial charge >= 0.3 is 0 Å². The number of likely N-dealkylation sites (N-methyl/N-ethyl adjacent to an activating group) is 1. The van der Waals surface area contributed by atoms with Crippen molar-refractivity contribution in [2.45, 2.75) is 6.92 Å². The maximum atomic E-state index is 11.8. The molecule has 18 heavy (non-hydrogen) atoms. The van der Waals surface area contributed by atoms with E-state index in [2.05, 4.69) is 10.6 Å². The van der Waals surface area contributed by atoms with Crippen LogP contribution < -0.4 is 21.1 Å². The molecule has 0 atom stereocenters. The number of hydrogen-bond acceptors (Lipinski definition) is 4. The van der Waals surface area contributed by atoms with E-state index in [1.165, 1.54) is 13.2 Å². The number of carbonyl (C=O) groups is 2. The number of rotatable bonds is 5. The van der Waals surface area contributed by atoms with Crippen molar-refractivity contribution in [3.05, 3.63) is 23.8 Å². The molecule has 1 aromatic carbocycles. The van der Waals surface area contributed by atoms with Crippen LogP contribution in [0.25, 0.3) is 0 Å². The number of anilines is 1. The predicted molar refractivity (Wildman–Crippen MR) is 68.4 cm³/mol. The van der Waals surface area contributed by atoms with E-state index >= 15 is 0 Å². The number of nitrogens with two attached hydrogens (primary N) is 1. The summed E-state index contributed by atoms with van der Waals surface area (Å²) in [5.74, 6) is -0.114. The lowest BCUT2D eigenvalue weighted by molar-refractivity contribution is -0.120. The third-order valence-corrected chi connectivity index (χ3v) is 2.29. The van der Waals surface area contributed by atoms with E-state index in [1.807, 2.05) is 0 Å². The van der Waals surface area contributed by atoms with E-state index in [-0.39, 0.29) is 12.5 Å². The van der Waals surface area contributed by atoms with Crippen LogP contribution >= 0.6 is 0 Å². The van der Waals surface area contributed by atoms with Crippen molar-refractivity contribution in [2.75, 3.05) is 25.9 Å². The Bertz CT molecular complexity index is 446. The molecule has 0 radical (unpaired) electrons. The Kier molecular flexibility index (Phi) is 4.98. The Morgan fingerprint density at radius 2 is 2.06 bits per heavy atom. The van der Waals surface area contributed by atoms with Crippen LogP contribution in [0.3, 0.4) is 0 Å². The molecule has 0 bridgehead atoms. The maximum absolute atomic E-state index is 11.8. The van der Waals surface area contributed by atoms with Crippen molar-refractivity contribution >= 4 is 17.5 Å². The molecule has 0 aliphatic heterocycles. The first-order chi connectivity index (χ1) is 8.58. The van der Waals surface area contributed by atoms with Gasteiger partial charge in [-0.1, -0.05) is 0 Å². The highest BCUT2D eigenvalue weighted by Crippen LogP contribution is 2.19. The summed E-state index contributed by atoms with van der Waals surface area (Å²) in [5.41, 5.74) is 6.32. The molecule has 1 aromatic rings. The first-order valence-corrected chi connectivity index (χ1v) is 5.57. The highest BCUT2D eigenvalue weighted by Gasteiger charge is 2.11. The van der Waals surface area contributed by atoms with Gasteiger partial charge in [0, 0.05) is 12.2 Å². The van der Waals surface area contributed by atoms with Crippen molar-refractivity contribution < 1.29 is 14.3 Å². The Morgan fingerprint density at radius 1 is 1.33 bits per heavy atom. The van der Waals surface area contributed by atoms with E-state index in [0.717, 1.165) is 0 Å². The van der Waals surface area contributed by atoms with E-state index < -0.39 is 5.91 Å². The zero-order valence-electron chi connectivity index (χ0n) is 10.4. The molecule has 1 rings (SSSR count). The molecule has 0 spiro atoms. The van der Waals surface area contributed by atoms with E-state index in [9.17, 15) is 9.59 Å². The number of methoxy groups -OCH3 is 1. The number of hydrogen-bond donors (Lipinski definition) is 3. The van der Waals surface area contributed by atoms with Crippen LogP contribution in [0, 0.1) is 0 Å². The van der Waals surface area contributed by atoms with Gasteiger partial charge < -0.3 is 21.1 Å². The third-order valence-electron chi connectivity index (χ3n) is 2.29. The van der Waals surface area contributed by atoms with Crippen LogP contribution in [0.2, 0.25) is 0 Å². The second kappa shape index (κ2) is 6.48. The monoisotopic (exact) mass is 251 g/mol. The van der Waals surface area contributed by atoms with Crippen LogP contribution in [-0.4, -0.2) is 32.0 Å². The highest BCUT2D eigenvalue weighted by atomic mass is 16.5. The normalized spacial score (nSPS) is 9.67. The average molecular weight is 251 g/mol. The Balaban J connectivity index is 2.69. The number of nitrogen functional groups attached to an aromatic ring is 1. The molecule has 0 unspecified atom stereocenters. The van der Waals surface area contributed by atoms with E-state index in [4.69, 9.17) is 10.5 Å². The fourth-order valence-electron chi connectivity index (χ4n) is 1.37. The van der Waals surface area contributed by atoms with Crippen LogP contribution in [0.5, 0.6) is 5.75 Å². The summed E-state index contributed by atoms with van der Waals surface area (Å²) in [4.78, 5) is 23.0. The van der Waals surface area contributed by atoms with Gasteiger partial charge in [0.25, 0.3) is 5.91 Å². The Morgan fingerprint density at radius 3 is 2.67 bits per heavy atom. The summed E-state index contributed by atoms with van der Waals surface area (Å²) in [6.45, 7) is 2.25. The Hall–Kier alpha value is -2.24. The quantitative estimate of drug-likeness (QED) is 0.649. The smallest absolute Gasteiger partial charge is 0.253 e. The maximum Gasteiger partial charge on any atom is 0.253 e. The topological polar surface area (TPSA) is 93.5 Å². The predicted octanol–water partition coefficient (Wildman–Crippen LogP) is 0.143. The van der Waals surface area contributed by atoms with Gasteiger partial charge in [-0.2, -0.15) is 0 Å². The lowest BCUT2D eigenvalue weighted by atomic mass is 10.1. The van der Waals surface area contributed by atoms with Crippen LogP contribution in [0.4, 0.5) is 5.69 Å². The minimum atomic E-state index is -0.405. The van der Waals surface area contributed by atoms with Crippen molar-refractivity contribution in [3.63, 3.8) is 0 Å². The second-order valence-corrected chi connectivity index (χ2v) is 3.59. The summed E-state index contributed by atoms with van der Waals surface area (Å²) in [6.07, 6.45) is 0. The standard InChI is InChI=1S/C12H17N3O3/c1-3-14-11(16)7-15-12(17)9-6-8(18-2)4-5-10(9)13/h4-6H,3,7,13H2,1-2H3,(H,14,16)(H,15,17). The molecule has 0 heterocycles. The van der Waals surface area contributed by atoms with Gasteiger partial charge in [0.15, 0.2) is 0 Å². The second-order valence-electron chi connectivity index (χ2n) is 3.59. The minimum absolute atomic E-state index is 0.0800. The molecule has 2 amide bonds. The van der Waals surface area contributed by atoms with Crippen molar-refractivity contribution in [2.24, 2.45) is 0 Å². The molecule has 98 valence electrons. The van der Waals surface area contributed by atoms with Gasteiger partial charge in [-0.15, -0.1) is 0 Å². The fraction of sp³-hybridized carbons (Fsp3) is 0.333. The first-order valence-electron chi connectivity index (χ1n) is 5.57. The summed E-state index contributed by atoms with van der Waals surface area (Å²) in [5, 5.41) is 5.07. The lowest BCUT2D eigenvalue weighted by Gasteiger charge is -2.09. The third kappa shape index (κ3) is 3.65. The van der Waals surface area contributed by atoms with Gasteiger partial charge in [0.1, 0.15) is 5.75 Å². The van der Waals surface area contributed by atoms with Gasteiger partial charge in [0.05, 0.1) is 19.2 Å². The number of amides is 2. The largest absolute Gasteiger partial charge is 0.497 e. The number of nitrogens with one attached hydrogen (secondary N) is 2. The fourth-order valence-corrected chi connectivity index (χ4v) is 1.37. The number of benzene rings is 1. The van der Waals surface area contributed by atoms with Gasteiger partial charge in [0.2, 0.25) is 5.91 Å². The SMILES string of the molecule is CCNC(=O)CNC(=O)c1cc(OC)ccc1N. The van der Waals surface area contributed by atoms with E-state index in [0.29, 0.717) is 23.5 Å². The molecular formula is C12H17N3O3. The van der Waals surface area contributed by atoms with Crippen LogP contribution in [0.15, 0.2) is 18.2 Å². The number of ether oxygens (including phenoxy) is 1. The molecule has 0 aromatic heterocycles. The Labute approximate surface area is 105 Å². The van der Waals surface area contributed by atoms with Gasteiger partial charge in [-0.25, -0.2) is 0 Å². The zero-order chi connectivity index (χ0) is 13.5. The molecular weight excluding hydrogens is 234 g/mol. The minimum Gasteiger partial charge on any atom is -0.497 e. The first kappa shape index (κ1) is 13.8. The molecule has 6 heteroatoms.